The molecule has 1 heterocycles. The van der Waals surface area contributed by atoms with E-state index in [1.165, 1.54) is 0 Å². The Labute approximate surface area is 127 Å². The van der Waals surface area contributed by atoms with Gasteiger partial charge in [-0.05, 0) is 37.3 Å². The van der Waals surface area contributed by atoms with Crippen LogP contribution >= 0.6 is 11.6 Å². The number of halogens is 1. The average Bonchev–Trinajstić information content (AvgIpc) is 2.48. The van der Waals surface area contributed by atoms with E-state index < -0.39 is 12.0 Å². The Morgan fingerprint density at radius 3 is 2.57 bits per heavy atom. The van der Waals surface area contributed by atoms with Crippen LogP contribution in [-0.2, 0) is 11.4 Å². The number of amides is 1. The third-order valence-corrected chi connectivity index (χ3v) is 3.11. The van der Waals surface area contributed by atoms with E-state index in [1.54, 1.807) is 43.5 Å². The van der Waals surface area contributed by atoms with Gasteiger partial charge in [0.1, 0.15) is 23.3 Å². The zero-order chi connectivity index (χ0) is 15.2. The van der Waals surface area contributed by atoms with Crippen LogP contribution in [0, 0.1) is 0 Å². The lowest BCUT2D eigenvalue weighted by molar-refractivity contribution is -0.123. The number of carbonyl (C=O) groups is 1. The molecule has 5 nitrogen and oxygen atoms in total. The summed E-state index contributed by atoms with van der Waals surface area (Å²) in [5.74, 6) is 0.698. The third kappa shape index (κ3) is 4.36. The summed E-state index contributed by atoms with van der Waals surface area (Å²) in [6.07, 6.45) is 0.948. The van der Waals surface area contributed by atoms with Crippen LogP contribution in [0.25, 0.3) is 0 Å². The molecule has 0 saturated heterocycles. The van der Waals surface area contributed by atoms with Crippen molar-refractivity contribution in [3.63, 3.8) is 0 Å². The molecule has 2 rings (SSSR count). The minimum absolute atomic E-state index is 0.324. The van der Waals surface area contributed by atoms with E-state index in [0.717, 1.165) is 5.56 Å². The molecule has 110 valence electrons. The molecule has 0 spiro atoms. The fourth-order valence-corrected chi connectivity index (χ4v) is 1.74. The molecule has 0 aliphatic carbocycles. The van der Waals surface area contributed by atoms with Crippen molar-refractivity contribution in [2.24, 2.45) is 5.73 Å². The summed E-state index contributed by atoms with van der Waals surface area (Å²) in [6, 6.07) is 10.5. The van der Waals surface area contributed by atoms with E-state index in [0.29, 0.717) is 23.3 Å². The Kier molecular flexibility index (Phi) is 5.00. The molecule has 6 heteroatoms. The average molecular weight is 307 g/mol. The Bertz CT molecular complexity index is 617. The largest absolute Gasteiger partial charge is 0.489 e. The van der Waals surface area contributed by atoms with Crippen molar-refractivity contribution in [3.05, 3.63) is 53.3 Å². The maximum Gasteiger partial charge on any atom is 0.258 e. The van der Waals surface area contributed by atoms with Crippen LogP contribution in [-0.4, -0.2) is 17.0 Å². The highest BCUT2D eigenvalue weighted by Crippen LogP contribution is 2.20. The van der Waals surface area contributed by atoms with Gasteiger partial charge in [-0.25, -0.2) is 4.98 Å². The highest BCUT2D eigenvalue weighted by atomic mass is 35.5. The molecule has 0 unspecified atom stereocenters. The van der Waals surface area contributed by atoms with Crippen LogP contribution in [0.3, 0.4) is 0 Å². The van der Waals surface area contributed by atoms with Gasteiger partial charge in [0.25, 0.3) is 5.91 Å². The number of rotatable bonds is 6. The molecule has 2 N–H and O–H groups in total. The topological polar surface area (TPSA) is 74.4 Å². The first-order valence-corrected chi connectivity index (χ1v) is 6.72. The first-order chi connectivity index (χ1) is 10.1. The molecule has 2 aromatic rings. The van der Waals surface area contributed by atoms with E-state index >= 15 is 0 Å². The minimum Gasteiger partial charge on any atom is -0.489 e. The lowest BCUT2D eigenvalue weighted by Gasteiger charge is -2.12. The van der Waals surface area contributed by atoms with Gasteiger partial charge in [-0.1, -0.05) is 17.7 Å². The zero-order valence-corrected chi connectivity index (χ0v) is 12.2. The summed E-state index contributed by atoms with van der Waals surface area (Å²) in [5, 5.41) is 0.424. The van der Waals surface area contributed by atoms with Gasteiger partial charge in [0.05, 0.1) is 0 Å². The number of hydrogen-bond acceptors (Lipinski definition) is 4. The Morgan fingerprint density at radius 2 is 1.95 bits per heavy atom. The molecule has 0 radical (unpaired) electrons. The van der Waals surface area contributed by atoms with Crippen molar-refractivity contribution < 1.29 is 14.3 Å². The van der Waals surface area contributed by atoms with E-state index in [9.17, 15) is 4.79 Å². The molecule has 0 fully saturated rings. The van der Waals surface area contributed by atoms with Gasteiger partial charge in [0.15, 0.2) is 6.10 Å². The van der Waals surface area contributed by atoms with Crippen molar-refractivity contribution in [2.75, 3.05) is 0 Å². The number of benzene rings is 1. The van der Waals surface area contributed by atoms with Gasteiger partial charge in [-0.3, -0.25) is 4.79 Å². The normalized spacial score (nSPS) is 11.7. The van der Waals surface area contributed by atoms with Gasteiger partial charge in [-0.15, -0.1) is 0 Å². The highest BCUT2D eigenvalue weighted by molar-refractivity contribution is 6.30. The van der Waals surface area contributed by atoms with Crippen LogP contribution in [0.15, 0.2) is 42.6 Å². The summed E-state index contributed by atoms with van der Waals surface area (Å²) < 4.78 is 11.0. The number of carbonyl (C=O) groups excluding carboxylic acids is 1. The molecule has 1 aromatic heterocycles. The fourth-order valence-electron chi connectivity index (χ4n) is 1.56. The predicted octanol–water partition coefficient (Wildman–Crippen LogP) is 2.57. The van der Waals surface area contributed by atoms with Crippen molar-refractivity contribution in [1.29, 1.82) is 0 Å². The predicted molar refractivity (Wildman–Crippen MR) is 79.3 cm³/mol. The Balaban J connectivity index is 1.94. The smallest absolute Gasteiger partial charge is 0.258 e. The second-order valence-corrected chi connectivity index (χ2v) is 4.73. The van der Waals surface area contributed by atoms with Crippen LogP contribution < -0.4 is 15.2 Å². The quantitative estimate of drug-likeness (QED) is 0.832. The van der Waals surface area contributed by atoms with Gasteiger partial charge in [0, 0.05) is 11.8 Å². The first-order valence-electron chi connectivity index (χ1n) is 6.34. The Hall–Kier alpha value is -2.27. The van der Waals surface area contributed by atoms with Crippen molar-refractivity contribution in [3.8, 4) is 11.5 Å². The molecule has 0 aliphatic rings. The Morgan fingerprint density at radius 1 is 1.29 bits per heavy atom. The van der Waals surface area contributed by atoms with E-state index in [4.69, 9.17) is 26.8 Å². The summed E-state index contributed by atoms with van der Waals surface area (Å²) in [4.78, 5) is 14.9. The molecule has 0 aliphatic heterocycles. The monoisotopic (exact) mass is 306 g/mol. The van der Waals surface area contributed by atoms with E-state index in [2.05, 4.69) is 4.98 Å². The molecule has 1 atom stereocenters. The second-order valence-electron chi connectivity index (χ2n) is 4.38. The van der Waals surface area contributed by atoms with Crippen LogP contribution in [0.1, 0.15) is 12.5 Å². The number of nitrogens with two attached hydrogens (primary N) is 1. The molecule has 1 amide bonds. The molecule has 21 heavy (non-hydrogen) atoms. The first kappa shape index (κ1) is 15.1. The number of aromatic nitrogens is 1. The second kappa shape index (κ2) is 6.95. The van der Waals surface area contributed by atoms with Crippen molar-refractivity contribution >= 4 is 17.5 Å². The van der Waals surface area contributed by atoms with E-state index in [1.807, 2.05) is 6.07 Å². The standard InChI is InChI=1S/C15H15ClN2O3/c1-10(15(17)19)21-13-6-4-12(5-7-13)20-9-11-3-2-8-18-14(11)16/h2-8,10H,9H2,1H3,(H2,17,19)/t10-/m0/s1. The summed E-state index contributed by atoms with van der Waals surface area (Å²) >= 11 is 5.95. The van der Waals surface area contributed by atoms with Crippen LogP contribution in [0.4, 0.5) is 0 Å². The van der Waals surface area contributed by atoms with Gasteiger partial charge < -0.3 is 15.2 Å². The molecule has 0 bridgehead atoms. The van der Waals surface area contributed by atoms with Crippen molar-refractivity contribution in [1.82, 2.24) is 4.98 Å². The molecule has 1 aromatic carbocycles. The number of pyridine rings is 1. The van der Waals surface area contributed by atoms with Gasteiger partial charge >= 0.3 is 0 Å². The van der Waals surface area contributed by atoms with E-state index in [-0.39, 0.29) is 0 Å². The fraction of sp³-hybridized carbons (Fsp3) is 0.200. The van der Waals surface area contributed by atoms with Gasteiger partial charge in [-0.2, -0.15) is 0 Å². The molecule has 0 saturated carbocycles. The minimum atomic E-state index is -0.675. The van der Waals surface area contributed by atoms with Crippen LogP contribution in [0.5, 0.6) is 11.5 Å². The number of hydrogen-bond donors (Lipinski definition) is 1. The van der Waals surface area contributed by atoms with Crippen molar-refractivity contribution in [2.45, 2.75) is 19.6 Å². The summed E-state index contributed by atoms with van der Waals surface area (Å²) in [5.41, 5.74) is 5.94. The maximum absolute atomic E-state index is 10.9. The number of primary amides is 1. The molecular weight excluding hydrogens is 292 g/mol. The third-order valence-electron chi connectivity index (χ3n) is 2.77. The summed E-state index contributed by atoms with van der Waals surface area (Å²) in [6.45, 7) is 1.92. The SMILES string of the molecule is C[C@H](Oc1ccc(OCc2cccnc2Cl)cc1)C(N)=O. The highest BCUT2D eigenvalue weighted by Gasteiger charge is 2.10. The molecular formula is C15H15ClN2O3. The van der Waals surface area contributed by atoms with Crippen LogP contribution in [0.2, 0.25) is 5.15 Å². The zero-order valence-electron chi connectivity index (χ0n) is 11.5. The number of nitrogens with zero attached hydrogens (tertiary/aromatic N) is 1. The summed E-state index contributed by atoms with van der Waals surface area (Å²) in [7, 11) is 0. The maximum atomic E-state index is 10.9. The lowest BCUT2D eigenvalue weighted by atomic mass is 10.3. The lowest BCUT2D eigenvalue weighted by Crippen LogP contribution is -2.30. The number of ether oxygens (including phenoxy) is 2. The van der Waals surface area contributed by atoms with Gasteiger partial charge in [0.2, 0.25) is 0 Å².